The predicted octanol–water partition coefficient (Wildman–Crippen LogP) is 5.49. The second-order valence-corrected chi connectivity index (χ2v) is 10.3. The van der Waals surface area contributed by atoms with Crippen molar-refractivity contribution in [3.63, 3.8) is 0 Å². The van der Waals surface area contributed by atoms with Gasteiger partial charge in [-0.05, 0) is 74.3 Å². The van der Waals surface area contributed by atoms with E-state index in [4.69, 9.17) is 4.74 Å². The van der Waals surface area contributed by atoms with Gasteiger partial charge in [-0.3, -0.25) is 15.0 Å². The molecule has 0 spiro atoms. The largest absolute Gasteiger partial charge is 0.492 e. The maximum atomic E-state index is 14.7. The average Bonchev–Trinajstić information content (AvgIpc) is 3.75. The first-order valence-corrected chi connectivity index (χ1v) is 13.5. The molecule has 6 heterocycles. The summed E-state index contributed by atoms with van der Waals surface area (Å²) < 4.78 is 22.7. The molecule has 0 unspecified atom stereocenters. The van der Waals surface area contributed by atoms with Crippen LogP contribution in [0.1, 0.15) is 18.7 Å². The number of aryl methyl sites for hydroxylation is 1. The number of nitrogens with zero attached hydrogens (tertiary/aromatic N) is 6. The van der Waals surface area contributed by atoms with Crippen LogP contribution in [-0.4, -0.2) is 65.8 Å². The Bertz CT molecular complexity index is 1850. The lowest BCUT2D eigenvalue weighted by molar-refractivity contribution is 0.237. The van der Waals surface area contributed by atoms with Crippen molar-refractivity contribution in [3.05, 3.63) is 66.6 Å². The van der Waals surface area contributed by atoms with Crippen molar-refractivity contribution >= 4 is 21.9 Å². The fourth-order valence-corrected chi connectivity index (χ4v) is 5.51. The average molecular weight is 537 g/mol. The summed E-state index contributed by atoms with van der Waals surface area (Å²) in [6.07, 6.45) is 7.81. The molecule has 10 heteroatoms. The highest BCUT2D eigenvalue weighted by Gasteiger charge is 2.17. The van der Waals surface area contributed by atoms with E-state index in [2.05, 4.69) is 35.0 Å². The third kappa shape index (κ3) is 4.40. The van der Waals surface area contributed by atoms with Crippen molar-refractivity contribution in [3.8, 4) is 39.7 Å². The molecule has 7 rings (SSSR count). The first kappa shape index (κ1) is 24.5. The summed E-state index contributed by atoms with van der Waals surface area (Å²) in [5.41, 5.74) is 6.42. The van der Waals surface area contributed by atoms with Gasteiger partial charge in [0.1, 0.15) is 35.3 Å². The smallest absolute Gasteiger partial charge is 0.138 e. The minimum Gasteiger partial charge on any atom is -0.492 e. The molecule has 9 nitrogen and oxygen atoms in total. The highest BCUT2D eigenvalue weighted by atomic mass is 19.1. The number of benzene rings is 1. The zero-order valence-corrected chi connectivity index (χ0v) is 22.4. The van der Waals surface area contributed by atoms with Crippen LogP contribution in [-0.2, 0) is 7.05 Å². The summed E-state index contributed by atoms with van der Waals surface area (Å²) >= 11 is 0. The number of imidazole rings is 1. The number of rotatable bonds is 7. The van der Waals surface area contributed by atoms with Crippen LogP contribution in [0.2, 0.25) is 0 Å². The Hall–Kier alpha value is -4.57. The lowest BCUT2D eigenvalue weighted by Gasteiger charge is -2.15. The zero-order valence-electron chi connectivity index (χ0n) is 22.4. The quantitative estimate of drug-likeness (QED) is 0.280. The van der Waals surface area contributed by atoms with E-state index >= 15 is 0 Å². The molecule has 202 valence electrons. The molecule has 5 aromatic heterocycles. The fraction of sp³-hybridized carbons (Fsp3) is 0.267. The van der Waals surface area contributed by atoms with E-state index < -0.39 is 0 Å². The highest BCUT2D eigenvalue weighted by molar-refractivity contribution is 6.00. The first-order valence-electron chi connectivity index (χ1n) is 13.5. The van der Waals surface area contributed by atoms with Crippen LogP contribution in [0.15, 0.2) is 55.0 Å². The van der Waals surface area contributed by atoms with Gasteiger partial charge in [0.05, 0.1) is 35.0 Å². The summed E-state index contributed by atoms with van der Waals surface area (Å²) in [5, 5.41) is 9.48. The van der Waals surface area contributed by atoms with Crippen molar-refractivity contribution in [2.75, 3.05) is 26.2 Å². The molecule has 0 saturated carbocycles. The SMILES string of the molecule is Cc1ncc(-c2cc3c(-c4cc5c(-c6cc(F)cc(OCCN7CCCC7)c6)ccnc5[nH]4)n[nH]c3cn2)n1C. The second kappa shape index (κ2) is 9.87. The topological polar surface area (TPSA) is 101 Å². The molecule has 1 fully saturated rings. The third-order valence-corrected chi connectivity index (χ3v) is 7.77. The number of ether oxygens (including phenoxy) is 1. The predicted molar refractivity (Wildman–Crippen MR) is 152 cm³/mol. The van der Waals surface area contributed by atoms with Crippen LogP contribution in [0.3, 0.4) is 0 Å². The molecule has 0 atom stereocenters. The molecule has 6 aromatic rings. The Morgan fingerprint density at radius 2 is 1.88 bits per heavy atom. The number of pyridine rings is 2. The Balaban J connectivity index is 1.23. The number of aromatic nitrogens is 7. The monoisotopic (exact) mass is 536 g/mol. The number of hydrogen-bond donors (Lipinski definition) is 2. The van der Waals surface area contributed by atoms with E-state index in [0.717, 1.165) is 75.7 Å². The van der Waals surface area contributed by atoms with Gasteiger partial charge in [0.25, 0.3) is 0 Å². The van der Waals surface area contributed by atoms with E-state index in [1.54, 1.807) is 12.4 Å². The van der Waals surface area contributed by atoms with E-state index in [1.807, 2.05) is 49.0 Å². The van der Waals surface area contributed by atoms with Crippen LogP contribution in [0.25, 0.3) is 55.8 Å². The summed E-state index contributed by atoms with van der Waals surface area (Å²) in [4.78, 5) is 19.3. The Kier molecular flexibility index (Phi) is 6.04. The van der Waals surface area contributed by atoms with Gasteiger partial charge < -0.3 is 14.3 Å². The minimum absolute atomic E-state index is 0.335. The van der Waals surface area contributed by atoms with Gasteiger partial charge in [-0.25, -0.2) is 14.4 Å². The maximum absolute atomic E-state index is 14.7. The summed E-state index contributed by atoms with van der Waals surface area (Å²) in [6.45, 7) is 5.55. The zero-order chi connectivity index (χ0) is 27.2. The van der Waals surface area contributed by atoms with Gasteiger partial charge in [-0.2, -0.15) is 5.10 Å². The summed E-state index contributed by atoms with van der Waals surface area (Å²) in [6, 6.07) is 10.8. The Morgan fingerprint density at radius 3 is 2.70 bits per heavy atom. The Labute approximate surface area is 230 Å². The van der Waals surface area contributed by atoms with E-state index in [-0.39, 0.29) is 5.82 Å². The minimum atomic E-state index is -0.335. The summed E-state index contributed by atoms with van der Waals surface area (Å²) in [7, 11) is 1.97. The van der Waals surface area contributed by atoms with Gasteiger partial charge in [0.15, 0.2) is 0 Å². The highest BCUT2D eigenvalue weighted by Crippen LogP contribution is 2.35. The molecular weight excluding hydrogens is 507 g/mol. The number of halogens is 1. The molecule has 0 amide bonds. The van der Waals surface area contributed by atoms with Crippen molar-refractivity contribution < 1.29 is 9.13 Å². The van der Waals surface area contributed by atoms with Gasteiger partial charge in [-0.1, -0.05) is 0 Å². The molecular formula is C30H29FN8O. The number of hydrogen-bond acceptors (Lipinski definition) is 6. The standard InChI is InChI=1S/C30H29FN8O/c1-18-33-17-28(38(18)2)25-15-24-27(16-34-25)36-37-29(24)26-14-23-22(5-6-32-30(23)35-26)19-11-20(31)13-21(12-19)40-10-9-39-7-3-4-8-39/h5-6,11-17H,3-4,7-10H2,1-2H3,(H,32,35)(H,36,37). The number of likely N-dealkylation sites (tertiary alicyclic amines) is 1. The van der Waals surface area contributed by atoms with Crippen LogP contribution in [0, 0.1) is 12.7 Å². The molecule has 40 heavy (non-hydrogen) atoms. The van der Waals surface area contributed by atoms with Crippen LogP contribution in [0.5, 0.6) is 5.75 Å². The first-order chi connectivity index (χ1) is 19.5. The van der Waals surface area contributed by atoms with Crippen LogP contribution < -0.4 is 4.74 Å². The maximum Gasteiger partial charge on any atom is 0.138 e. The summed E-state index contributed by atoms with van der Waals surface area (Å²) in [5.74, 6) is 1.10. The number of H-pyrrole nitrogens is 2. The lowest BCUT2D eigenvalue weighted by atomic mass is 10.0. The molecule has 2 N–H and O–H groups in total. The fourth-order valence-electron chi connectivity index (χ4n) is 5.51. The van der Waals surface area contributed by atoms with Crippen molar-refractivity contribution in [2.45, 2.75) is 19.8 Å². The van der Waals surface area contributed by atoms with E-state index in [9.17, 15) is 4.39 Å². The van der Waals surface area contributed by atoms with Gasteiger partial charge in [0.2, 0.25) is 0 Å². The van der Waals surface area contributed by atoms with Crippen molar-refractivity contribution in [1.29, 1.82) is 0 Å². The second-order valence-electron chi connectivity index (χ2n) is 10.3. The van der Waals surface area contributed by atoms with Crippen molar-refractivity contribution in [2.24, 2.45) is 7.05 Å². The van der Waals surface area contributed by atoms with E-state index in [1.165, 1.54) is 25.0 Å². The molecule has 0 radical (unpaired) electrons. The van der Waals surface area contributed by atoms with Gasteiger partial charge >= 0.3 is 0 Å². The van der Waals surface area contributed by atoms with E-state index in [0.29, 0.717) is 18.0 Å². The molecule has 0 aliphatic carbocycles. The molecule has 1 saturated heterocycles. The van der Waals surface area contributed by atoms with Gasteiger partial charge in [-0.15, -0.1) is 0 Å². The number of fused-ring (bicyclic) bond motifs is 2. The van der Waals surface area contributed by atoms with Crippen LogP contribution in [0.4, 0.5) is 4.39 Å². The molecule has 1 aromatic carbocycles. The molecule has 0 bridgehead atoms. The lowest BCUT2D eigenvalue weighted by Crippen LogP contribution is -2.25. The number of nitrogens with one attached hydrogen (secondary N) is 2. The van der Waals surface area contributed by atoms with Gasteiger partial charge in [0, 0.05) is 36.6 Å². The van der Waals surface area contributed by atoms with Crippen molar-refractivity contribution in [1.82, 2.24) is 39.6 Å². The Morgan fingerprint density at radius 1 is 1.00 bits per heavy atom. The molecule has 1 aliphatic rings. The van der Waals surface area contributed by atoms with Crippen LogP contribution >= 0.6 is 0 Å². The molecule has 1 aliphatic heterocycles. The third-order valence-electron chi connectivity index (χ3n) is 7.77. The normalized spacial score (nSPS) is 14.1. The number of aromatic amines is 2.